The van der Waals surface area contributed by atoms with Gasteiger partial charge < -0.3 is 15.4 Å². The summed E-state index contributed by atoms with van der Waals surface area (Å²) in [5, 5.41) is 11.5. The number of carbonyl (C=O) groups excluding carboxylic acids is 1. The van der Waals surface area contributed by atoms with Crippen LogP contribution in [0.5, 0.6) is 0 Å². The molecule has 0 aliphatic carbocycles. The third-order valence-electron chi connectivity index (χ3n) is 2.33. The number of aliphatic carboxylic acids is 1. The van der Waals surface area contributed by atoms with Gasteiger partial charge in [-0.25, -0.2) is 0 Å². The van der Waals surface area contributed by atoms with Gasteiger partial charge in [0.1, 0.15) is 5.92 Å². The van der Waals surface area contributed by atoms with Gasteiger partial charge in [-0.15, -0.1) is 0 Å². The van der Waals surface area contributed by atoms with Crippen LogP contribution in [0.2, 0.25) is 0 Å². The molecule has 5 nitrogen and oxygen atoms in total. The number of carboxylic acids is 1. The van der Waals surface area contributed by atoms with E-state index in [0.29, 0.717) is 6.54 Å². The summed E-state index contributed by atoms with van der Waals surface area (Å²) in [6, 6.07) is 3.64. The maximum Gasteiger partial charge on any atom is 0.316 e. The van der Waals surface area contributed by atoms with Gasteiger partial charge in [0.15, 0.2) is 0 Å². The van der Waals surface area contributed by atoms with Crippen LogP contribution in [0, 0.1) is 11.8 Å². The Kier molecular flexibility index (Phi) is 4.10. The zero-order valence-electron chi connectivity index (χ0n) is 9.36. The highest BCUT2D eigenvalue weighted by Crippen LogP contribution is 2.11. The van der Waals surface area contributed by atoms with Gasteiger partial charge >= 0.3 is 5.97 Å². The molecular weight excluding hydrogens is 208 g/mol. The Morgan fingerprint density at radius 2 is 2.19 bits per heavy atom. The SMILES string of the molecule is CC(C)C(C(=O)O)C(=O)NCc1ccc[nH]1. The van der Waals surface area contributed by atoms with Crippen molar-refractivity contribution in [3.63, 3.8) is 0 Å². The lowest BCUT2D eigenvalue weighted by Crippen LogP contribution is -2.38. The van der Waals surface area contributed by atoms with E-state index < -0.39 is 17.8 Å². The molecule has 0 aliphatic heterocycles. The van der Waals surface area contributed by atoms with Crippen molar-refractivity contribution in [1.82, 2.24) is 10.3 Å². The van der Waals surface area contributed by atoms with Gasteiger partial charge in [-0.1, -0.05) is 13.8 Å². The smallest absolute Gasteiger partial charge is 0.316 e. The van der Waals surface area contributed by atoms with Gasteiger partial charge in [-0.3, -0.25) is 9.59 Å². The molecule has 1 aromatic heterocycles. The number of rotatable bonds is 5. The molecule has 0 radical (unpaired) electrons. The number of H-pyrrole nitrogens is 1. The lowest BCUT2D eigenvalue weighted by atomic mass is 9.95. The summed E-state index contributed by atoms with van der Waals surface area (Å²) >= 11 is 0. The molecule has 16 heavy (non-hydrogen) atoms. The third-order valence-corrected chi connectivity index (χ3v) is 2.33. The fourth-order valence-corrected chi connectivity index (χ4v) is 1.47. The summed E-state index contributed by atoms with van der Waals surface area (Å²) in [6.07, 6.45) is 1.75. The fraction of sp³-hybridized carbons (Fsp3) is 0.455. The quantitative estimate of drug-likeness (QED) is 0.652. The standard InChI is InChI=1S/C11H16N2O3/c1-7(2)9(11(15)16)10(14)13-6-8-4-3-5-12-8/h3-5,7,9,12H,6H2,1-2H3,(H,13,14)(H,15,16). The first-order valence-corrected chi connectivity index (χ1v) is 5.15. The number of hydrogen-bond donors (Lipinski definition) is 3. The minimum atomic E-state index is -1.08. The maximum atomic E-state index is 11.6. The molecule has 0 aliphatic rings. The number of carboxylic acid groups (broad SMARTS) is 1. The molecule has 1 heterocycles. The molecule has 5 heteroatoms. The lowest BCUT2D eigenvalue weighted by Gasteiger charge is -2.15. The molecule has 0 fully saturated rings. The van der Waals surface area contributed by atoms with E-state index in [0.717, 1.165) is 5.69 Å². The summed E-state index contributed by atoms with van der Waals surface area (Å²) in [7, 11) is 0. The predicted molar refractivity (Wildman–Crippen MR) is 58.6 cm³/mol. The average molecular weight is 224 g/mol. The van der Waals surface area contributed by atoms with Crippen LogP contribution in [0.25, 0.3) is 0 Å². The summed E-state index contributed by atoms with van der Waals surface area (Å²) in [6.45, 7) is 3.75. The summed E-state index contributed by atoms with van der Waals surface area (Å²) in [5.41, 5.74) is 0.848. The van der Waals surface area contributed by atoms with Crippen molar-refractivity contribution in [2.45, 2.75) is 20.4 Å². The van der Waals surface area contributed by atoms with E-state index in [2.05, 4.69) is 10.3 Å². The summed E-state index contributed by atoms with van der Waals surface area (Å²) in [4.78, 5) is 25.4. The van der Waals surface area contributed by atoms with E-state index in [1.807, 2.05) is 12.1 Å². The van der Waals surface area contributed by atoms with Crippen molar-refractivity contribution >= 4 is 11.9 Å². The summed E-state index contributed by atoms with van der Waals surface area (Å²) in [5.74, 6) is -2.74. The number of hydrogen-bond acceptors (Lipinski definition) is 2. The number of amides is 1. The molecule has 3 N–H and O–H groups in total. The van der Waals surface area contributed by atoms with Gasteiger partial charge in [0.05, 0.1) is 6.54 Å². The highest BCUT2D eigenvalue weighted by atomic mass is 16.4. The van der Waals surface area contributed by atoms with E-state index >= 15 is 0 Å². The molecule has 0 aromatic carbocycles. The second-order valence-corrected chi connectivity index (χ2v) is 3.97. The first-order chi connectivity index (χ1) is 7.52. The van der Waals surface area contributed by atoms with Crippen molar-refractivity contribution < 1.29 is 14.7 Å². The van der Waals surface area contributed by atoms with Gasteiger partial charge in [0.2, 0.25) is 5.91 Å². The lowest BCUT2D eigenvalue weighted by molar-refractivity contribution is -0.148. The van der Waals surface area contributed by atoms with E-state index in [9.17, 15) is 9.59 Å². The largest absolute Gasteiger partial charge is 0.481 e. The molecule has 1 unspecified atom stereocenters. The Hall–Kier alpha value is -1.78. The van der Waals surface area contributed by atoms with Crippen molar-refractivity contribution in [3.8, 4) is 0 Å². The Balaban J connectivity index is 2.53. The Labute approximate surface area is 93.9 Å². The number of aromatic nitrogens is 1. The highest BCUT2D eigenvalue weighted by molar-refractivity contribution is 5.97. The molecule has 1 amide bonds. The fourth-order valence-electron chi connectivity index (χ4n) is 1.47. The minimum absolute atomic E-state index is 0.221. The molecule has 0 saturated carbocycles. The van der Waals surface area contributed by atoms with Crippen molar-refractivity contribution in [2.75, 3.05) is 0 Å². The van der Waals surface area contributed by atoms with Crippen LogP contribution in [0.4, 0.5) is 0 Å². The molecule has 1 rings (SSSR count). The van der Waals surface area contributed by atoms with Crippen molar-refractivity contribution in [2.24, 2.45) is 11.8 Å². The van der Waals surface area contributed by atoms with Crippen LogP contribution in [0.15, 0.2) is 18.3 Å². The van der Waals surface area contributed by atoms with E-state index in [4.69, 9.17) is 5.11 Å². The molecular formula is C11H16N2O3. The predicted octanol–water partition coefficient (Wildman–Crippen LogP) is 0.988. The van der Waals surface area contributed by atoms with Crippen LogP contribution >= 0.6 is 0 Å². The first-order valence-electron chi connectivity index (χ1n) is 5.15. The van der Waals surface area contributed by atoms with Gasteiger partial charge in [0, 0.05) is 11.9 Å². The monoisotopic (exact) mass is 224 g/mol. The average Bonchev–Trinajstić information content (AvgIpc) is 2.65. The van der Waals surface area contributed by atoms with Crippen LogP contribution < -0.4 is 5.32 Å². The van der Waals surface area contributed by atoms with E-state index in [1.165, 1.54) is 0 Å². The van der Waals surface area contributed by atoms with Gasteiger partial charge in [-0.2, -0.15) is 0 Å². The van der Waals surface area contributed by atoms with Crippen molar-refractivity contribution in [3.05, 3.63) is 24.0 Å². The molecule has 0 bridgehead atoms. The van der Waals surface area contributed by atoms with E-state index in [1.54, 1.807) is 20.0 Å². The second-order valence-electron chi connectivity index (χ2n) is 3.97. The topological polar surface area (TPSA) is 82.2 Å². The minimum Gasteiger partial charge on any atom is -0.481 e. The molecule has 1 atom stereocenters. The first kappa shape index (κ1) is 12.3. The Morgan fingerprint density at radius 3 is 2.62 bits per heavy atom. The van der Waals surface area contributed by atoms with E-state index in [-0.39, 0.29) is 5.92 Å². The zero-order chi connectivity index (χ0) is 12.1. The van der Waals surface area contributed by atoms with Crippen LogP contribution in [0.3, 0.4) is 0 Å². The van der Waals surface area contributed by atoms with Gasteiger partial charge in [-0.05, 0) is 18.1 Å². The molecule has 88 valence electrons. The number of carbonyl (C=O) groups is 2. The second kappa shape index (κ2) is 5.34. The molecule has 0 spiro atoms. The molecule has 0 saturated heterocycles. The van der Waals surface area contributed by atoms with Gasteiger partial charge in [0.25, 0.3) is 0 Å². The van der Waals surface area contributed by atoms with Crippen LogP contribution in [-0.4, -0.2) is 22.0 Å². The number of aromatic amines is 1. The normalized spacial score (nSPS) is 12.4. The Morgan fingerprint density at radius 1 is 1.50 bits per heavy atom. The highest BCUT2D eigenvalue weighted by Gasteiger charge is 2.29. The summed E-state index contributed by atoms with van der Waals surface area (Å²) < 4.78 is 0. The zero-order valence-corrected chi connectivity index (χ0v) is 9.36. The van der Waals surface area contributed by atoms with Crippen LogP contribution in [0.1, 0.15) is 19.5 Å². The Bertz CT molecular complexity index is 357. The van der Waals surface area contributed by atoms with Crippen molar-refractivity contribution in [1.29, 1.82) is 0 Å². The molecule has 1 aromatic rings. The number of nitrogens with one attached hydrogen (secondary N) is 2. The van der Waals surface area contributed by atoms with Crippen LogP contribution in [-0.2, 0) is 16.1 Å². The third kappa shape index (κ3) is 3.12. The maximum absolute atomic E-state index is 11.6.